The molecule has 0 aromatic heterocycles. The molecule has 0 bridgehead atoms. The fourth-order valence-corrected chi connectivity index (χ4v) is 1.64. The van der Waals surface area contributed by atoms with Crippen LogP contribution in [0.4, 0.5) is 22.0 Å². The van der Waals surface area contributed by atoms with Gasteiger partial charge in [0, 0.05) is 4.90 Å². The number of ether oxygens (including phenoxy) is 1. The van der Waals surface area contributed by atoms with Crippen molar-refractivity contribution in [3.63, 3.8) is 0 Å². The molecular weight excluding hydrogens is 283 g/mol. The van der Waals surface area contributed by atoms with Crippen LogP contribution in [0.25, 0.3) is 0 Å². The maximum absolute atomic E-state index is 12.1. The number of thioether (sulfide) groups is 1. The standard InChI is InChI=1S/C9H5F5O3S/c10-8(11)18-6-2-4(7(15)16)1-5(3-6)17-9(12,13)14/h1-3,8H,(H,15,16). The Balaban J connectivity index is 3.10. The molecule has 0 unspecified atom stereocenters. The Morgan fingerprint density at radius 2 is 1.89 bits per heavy atom. The molecule has 1 aromatic rings. The highest BCUT2D eigenvalue weighted by molar-refractivity contribution is 7.99. The van der Waals surface area contributed by atoms with Crippen LogP contribution in [-0.2, 0) is 0 Å². The maximum Gasteiger partial charge on any atom is 0.573 e. The second-order valence-corrected chi connectivity index (χ2v) is 3.99. The summed E-state index contributed by atoms with van der Waals surface area (Å²) in [5.41, 5.74) is -0.570. The zero-order valence-electron chi connectivity index (χ0n) is 8.37. The van der Waals surface area contributed by atoms with Crippen molar-refractivity contribution < 1.29 is 36.6 Å². The lowest BCUT2D eigenvalue weighted by molar-refractivity contribution is -0.274. The van der Waals surface area contributed by atoms with E-state index in [4.69, 9.17) is 5.11 Å². The zero-order valence-corrected chi connectivity index (χ0v) is 9.19. The van der Waals surface area contributed by atoms with Crippen molar-refractivity contribution in [3.8, 4) is 5.75 Å². The van der Waals surface area contributed by atoms with Crippen LogP contribution in [0, 0.1) is 0 Å². The fourth-order valence-electron chi connectivity index (χ4n) is 1.06. The molecule has 0 saturated carbocycles. The average Bonchev–Trinajstić information content (AvgIpc) is 2.12. The van der Waals surface area contributed by atoms with Crippen LogP contribution in [-0.4, -0.2) is 23.2 Å². The monoisotopic (exact) mass is 288 g/mol. The molecule has 0 heterocycles. The number of aromatic carboxylic acids is 1. The van der Waals surface area contributed by atoms with Gasteiger partial charge in [0.2, 0.25) is 0 Å². The summed E-state index contributed by atoms with van der Waals surface area (Å²) in [4.78, 5) is 10.3. The molecular formula is C9H5F5O3S. The van der Waals surface area contributed by atoms with E-state index in [0.717, 1.165) is 6.07 Å². The summed E-state index contributed by atoms with van der Waals surface area (Å²) in [6, 6.07) is 2.13. The minimum atomic E-state index is -5.02. The number of benzene rings is 1. The molecule has 0 aliphatic carbocycles. The second-order valence-electron chi connectivity index (χ2n) is 2.92. The van der Waals surface area contributed by atoms with Gasteiger partial charge in [0.1, 0.15) is 5.75 Å². The maximum atomic E-state index is 12.1. The molecule has 18 heavy (non-hydrogen) atoms. The van der Waals surface area contributed by atoms with E-state index in [1.54, 1.807) is 0 Å². The fraction of sp³-hybridized carbons (Fsp3) is 0.222. The minimum Gasteiger partial charge on any atom is -0.478 e. The largest absolute Gasteiger partial charge is 0.573 e. The molecule has 0 aliphatic heterocycles. The Morgan fingerprint density at radius 3 is 2.33 bits per heavy atom. The first-order valence-corrected chi connectivity index (χ1v) is 5.14. The van der Waals surface area contributed by atoms with E-state index in [2.05, 4.69) is 4.74 Å². The van der Waals surface area contributed by atoms with Gasteiger partial charge in [-0.1, -0.05) is 11.8 Å². The van der Waals surface area contributed by atoms with Crippen LogP contribution in [0.2, 0.25) is 0 Å². The van der Waals surface area contributed by atoms with Gasteiger partial charge < -0.3 is 9.84 Å². The number of carbonyl (C=O) groups is 1. The topological polar surface area (TPSA) is 46.5 Å². The number of hydrogen-bond acceptors (Lipinski definition) is 3. The Morgan fingerprint density at radius 1 is 1.28 bits per heavy atom. The van der Waals surface area contributed by atoms with Gasteiger partial charge in [0.25, 0.3) is 5.76 Å². The Kier molecular flexibility index (Phi) is 4.38. The summed E-state index contributed by atoms with van der Waals surface area (Å²) in [5, 5.41) is 8.63. The summed E-state index contributed by atoms with van der Waals surface area (Å²) in [5.74, 6) is -5.28. The number of carboxylic acid groups (broad SMARTS) is 1. The predicted molar refractivity (Wildman–Crippen MR) is 51.9 cm³/mol. The molecule has 100 valence electrons. The molecule has 0 atom stereocenters. The first-order valence-electron chi connectivity index (χ1n) is 4.26. The van der Waals surface area contributed by atoms with Crippen LogP contribution in [0.15, 0.2) is 23.1 Å². The van der Waals surface area contributed by atoms with Crippen molar-refractivity contribution in [2.24, 2.45) is 0 Å². The molecule has 0 spiro atoms. The van der Waals surface area contributed by atoms with E-state index in [-0.39, 0.29) is 16.7 Å². The van der Waals surface area contributed by atoms with Gasteiger partial charge in [-0.3, -0.25) is 0 Å². The Labute approximate surface area is 102 Å². The van der Waals surface area contributed by atoms with Gasteiger partial charge in [-0.2, -0.15) is 8.78 Å². The normalized spacial score (nSPS) is 11.7. The zero-order chi connectivity index (χ0) is 13.9. The third-order valence-corrected chi connectivity index (χ3v) is 2.27. The molecule has 0 amide bonds. The number of alkyl halides is 5. The summed E-state index contributed by atoms with van der Waals surface area (Å²) in [6.45, 7) is 0. The van der Waals surface area contributed by atoms with E-state index in [0.29, 0.717) is 12.1 Å². The second kappa shape index (κ2) is 5.42. The van der Waals surface area contributed by atoms with Crippen molar-refractivity contribution in [2.45, 2.75) is 17.0 Å². The van der Waals surface area contributed by atoms with Crippen molar-refractivity contribution in [3.05, 3.63) is 23.8 Å². The number of rotatable bonds is 4. The number of carboxylic acids is 1. The first kappa shape index (κ1) is 14.6. The summed E-state index contributed by atoms with van der Waals surface area (Å²) < 4.78 is 63.5. The van der Waals surface area contributed by atoms with E-state index in [1.165, 1.54) is 0 Å². The smallest absolute Gasteiger partial charge is 0.478 e. The van der Waals surface area contributed by atoms with Gasteiger partial charge in [0.05, 0.1) is 5.56 Å². The van der Waals surface area contributed by atoms with Crippen LogP contribution < -0.4 is 4.74 Å². The van der Waals surface area contributed by atoms with Crippen molar-refractivity contribution in [2.75, 3.05) is 0 Å². The molecule has 0 radical (unpaired) electrons. The molecule has 0 aliphatic rings. The highest BCUT2D eigenvalue weighted by Crippen LogP contribution is 2.32. The minimum absolute atomic E-state index is 0.0738. The summed E-state index contributed by atoms with van der Waals surface area (Å²) in [7, 11) is 0. The third kappa shape index (κ3) is 4.78. The quantitative estimate of drug-likeness (QED) is 0.679. The Hall–Kier alpha value is -1.51. The van der Waals surface area contributed by atoms with E-state index >= 15 is 0 Å². The number of hydrogen-bond donors (Lipinski definition) is 1. The van der Waals surface area contributed by atoms with Crippen molar-refractivity contribution in [1.29, 1.82) is 0 Å². The van der Waals surface area contributed by atoms with E-state index < -0.39 is 29.4 Å². The van der Waals surface area contributed by atoms with Crippen LogP contribution in [0.5, 0.6) is 5.75 Å². The molecule has 1 N–H and O–H groups in total. The highest BCUT2D eigenvalue weighted by Gasteiger charge is 2.31. The predicted octanol–water partition coefficient (Wildman–Crippen LogP) is 3.60. The molecule has 1 rings (SSSR count). The van der Waals surface area contributed by atoms with Gasteiger partial charge in [-0.25, -0.2) is 4.79 Å². The summed E-state index contributed by atoms with van der Waals surface area (Å²) >= 11 is -0.0738. The van der Waals surface area contributed by atoms with Crippen molar-refractivity contribution >= 4 is 17.7 Å². The Bertz CT molecular complexity index is 446. The van der Waals surface area contributed by atoms with Gasteiger partial charge >= 0.3 is 12.3 Å². The van der Waals surface area contributed by atoms with Gasteiger partial charge in [-0.05, 0) is 18.2 Å². The molecule has 9 heteroatoms. The number of halogens is 5. The van der Waals surface area contributed by atoms with Crippen LogP contribution in [0.3, 0.4) is 0 Å². The molecule has 0 saturated heterocycles. The van der Waals surface area contributed by atoms with Gasteiger partial charge in [-0.15, -0.1) is 13.2 Å². The van der Waals surface area contributed by atoms with E-state index in [1.807, 2.05) is 0 Å². The average molecular weight is 288 g/mol. The first-order chi connectivity index (χ1) is 8.17. The summed E-state index contributed by atoms with van der Waals surface area (Å²) in [6.07, 6.45) is -5.02. The lowest BCUT2D eigenvalue weighted by Crippen LogP contribution is -2.17. The molecule has 0 fully saturated rings. The van der Waals surface area contributed by atoms with Crippen molar-refractivity contribution in [1.82, 2.24) is 0 Å². The molecule has 3 nitrogen and oxygen atoms in total. The highest BCUT2D eigenvalue weighted by atomic mass is 32.2. The SMILES string of the molecule is O=C(O)c1cc(OC(F)(F)F)cc(SC(F)F)c1. The van der Waals surface area contributed by atoms with Gasteiger partial charge in [0.15, 0.2) is 0 Å². The lowest BCUT2D eigenvalue weighted by atomic mass is 10.2. The van der Waals surface area contributed by atoms with Crippen LogP contribution in [0.1, 0.15) is 10.4 Å². The van der Waals surface area contributed by atoms with E-state index in [9.17, 15) is 26.7 Å². The van der Waals surface area contributed by atoms with Crippen LogP contribution >= 0.6 is 11.8 Å². The lowest BCUT2D eigenvalue weighted by Gasteiger charge is -2.11. The molecule has 1 aromatic carbocycles. The third-order valence-electron chi connectivity index (χ3n) is 1.59.